The minimum absolute atomic E-state index is 0.565. The van der Waals surface area contributed by atoms with Gasteiger partial charge in [0.1, 0.15) is 0 Å². The van der Waals surface area contributed by atoms with Gasteiger partial charge < -0.3 is 10.4 Å². The molecule has 2 heterocycles. The third kappa shape index (κ3) is 2.55. The molecule has 0 amide bonds. The predicted molar refractivity (Wildman–Crippen MR) is 59.7 cm³/mol. The van der Waals surface area contributed by atoms with Crippen LogP contribution in [-0.2, 0) is 6.42 Å². The molecule has 0 radical (unpaired) electrons. The normalized spacial score (nSPS) is 26.5. The molecule has 1 aromatic rings. The number of hydrogen-bond acceptors (Lipinski definition) is 3. The standard InChI is InChI=1S/C12H18N2O/c1-10-8-13-6-3-11(10)7-12(15)4-2-5-14-9-12/h3,6,8,14-15H,2,4-5,7,9H2,1H3. The van der Waals surface area contributed by atoms with Gasteiger partial charge in [0.25, 0.3) is 0 Å². The molecule has 1 saturated heterocycles. The van der Waals surface area contributed by atoms with E-state index in [1.165, 1.54) is 5.56 Å². The number of rotatable bonds is 2. The van der Waals surface area contributed by atoms with Gasteiger partial charge in [-0.25, -0.2) is 0 Å². The van der Waals surface area contributed by atoms with Crippen molar-refractivity contribution in [3.05, 3.63) is 29.6 Å². The van der Waals surface area contributed by atoms with E-state index < -0.39 is 5.60 Å². The molecule has 1 aliphatic rings. The second-order valence-electron chi connectivity index (χ2n) is 4.48. The number of pyridine rings is 1. The summed E-state index contributed by atoms with van der Waals surface area (Å²) < 4.78 is 0. The van der Waals surface area contributed by atoms with Gasteiger partial charge in [-0.2, -0.15) is 0 Å². The van der Waals surface area contributed by atoms with Gasteiger partial charge in [-0.15, -0.1) is 0 Å². The van der Waals surface area contributed by atoms with Crippen LogP contribution in [-0.4, -0.2) is 28.8 Å². The maximum Gasteiger partial charge on any atom is 0.0812 e. The molecule has 0 aromatic carbocycles. The third-order valence-electron chi connectivity index (χ3n) is 3.11. The average Bonchev–Trinajstić information content (AvgIpc) is 2.22. The molecule has 3 heteroatoms. The highest BCUT2D eigenvalue weighted by molar-refractivity contribution is 5.23. The van der Waals surface area contributed by atoms with E-state index in [0.717, 1.165) is 31.4 Å². The lowest BCUT2D eigenvalue weighted by Gasteiger charge is -2.33. The molecule has 0 saturated carbocycles. The number of aromatic nitrogens is 1. The maximum atomic E-state index is 10.4. The zero-order chi connectivity index (χ0) is 10.7. The monoisotopic (exact) mass is 206 g/mol. The van der Waals surface area contributed by atoms with Crippen LogP contribution in [0.25, 0.3) is 0 Å². The summed E-state index contributed by atoms with van der Waals surface area (Å²) in [5.74, 6) is 0. The first kappa shape index (κ1) is 10.6. The molecule has 2 N–H and O–H groups in total. The van der Waals surface area contributed by atoms with Crippen LogP contribution in [0.4, 0.5) is 0 Å². The Kier molecular flexibility index (Phi) is 3.03. The first-order valence-corrected chi connectivity index (χ1v) is 5.52. The fourth-order valence-corrected chi connectivity index (χ4v) is 2.16. The minimum Gasteiger partial charge on any atom is -0.388 e. The van der Waals surface area contributed by atoms with Crippen molar-refractivity contribution in [2.75, 3.05) is 13.1 Å². The second-order valence-corrected chi connectivity index (χ2v) is 4.48. The number of piperidine rings is 1. The molecule has 0 aliphatic carbocycles. The molecule has 2 rings (SSSR count). The third-order valence-corrected chi connectivity index (χ3v) is 3.11. The summed E-state index contributed by atoms with van der Waals surface area (Å²) in [6.45, 7) is 3.77. The smallest absolute Gasteiger partial charge is 0.0812 e. The SMILES string of the molecule is Cc1cnccc1CC1(O)CCCNC1. The molecule has 0 spiro atoms. The van der Waals surface area contributed by atoms with E-state index in [-0.39, 0.29) is 0 Å². The number of hydrogen-bond donors (Lipinski definition) is 2. The molecule has 1 fully saturated rings. The minimum atomic E-state index is -0.565. The Hall–Kier alpha value is -0.930. The van der Waals surface area contributed by atoms with Gasteiger partial charge in [-0.1, -0.05) is 0 Å². The quantitative estimate of drug-likeness (QED) is 0.760. The summed E-state index contributed by atoms with van der Waals surface area (Å²) in [6, 6.07) is 2.00. The van der Waals surface area contributed by atoms with Crippen molar-refractivity contribution in [1.82, 2.24) is 10.3 Å². The highest BCUT2D eigenvalue weighted by atomic mass is 16.3. The van der Waals surface area contributed by atoms with E-state index in [4.69, 9.17) is 0 Å². The Morgan fingerprint density at radius 2 is 2.47 bits per heavy atom. The van der Waals surface area contributed by atoms with Crippen molar-refractivity contribution >= 4 is 0 Å². The summed E-state index contributed by atoms with van der Waals surface area (Å²) in [7, 11) is 0. The fourth-order valence-electron chi connectivity index (χ4n) is 2.16. The Balaban J connectivity index is 2.10. The van der Waals surface area contributed by atoms with Gasteiger partial charge in [-0.05, 0) is 43.5 Å². The molecule has 82 valence electrons. The van der Waals surface area contributed by atoms with Crippen LogP contribution in [0.1, 0.15) is 24.0 Å². The van der Waals surface area contributed by atoms with E-state index in [1.54, 1.807) is 6.20 Å². The molecule has 1 aliphatic heterocycles. The van der Waals surface area contributed by atoms with E-state index >= 15 is 0 Å². The van der Waals surface area contributed by atoms with Crippen molar-refractivity contribution in [3.8, 4) is 0 Å². The second kappa shape index (κ2) is 4.29. The van der Waals surface area contributed by atoms with Crippen LogP contribution in [0.2, 0.25) is 0 Å². The molecule has 1 aromatic heterocycles. The Bertz CT molecular complexity index is 332. The molecule has 1 atom stereocenters. The summed E-state index contributed by atoms with van der Waals surface area (Å²) in [6.07, 6.45) is 6.33. The first-order chi connectivity index (χ1) is 7.20. The highest BCUT2D eigenvalue weighted by Gasteiger charge is 2.29. The first-order valence-electron chi connectivity index (χ1n) is 5.52. The lowest BCUT2D eigenvalue weighted by molar-refractivity contribution is 0.0168. The van der Waals surface area contributed by atoms with Crippen molar-refractivity contribution < 1.29 is 5.11 Å². The number of nitrogens with zero attached hydrogens (tertiary/aromatic N) is 1. The molecule has 3 nitrogen and oxygen atoms in total. The van der Waals surface area contributed by atoms with Gasteiger partial charge in [0.2, 0.25) is 0 Å². The summed E-state index contributed by atoms with van der Waals surface area (Å²) in [5.41, 5.74) is 1.80. The van der Waals surface area contributed by atoms with Gasteiger partial charge in [0.05, 0.1) is 5.60 Å². The number of β-amino-alcohol motifs (C(OH)–C–C–N with tert-alkyl or cyclic N) is 1. The van der Waals surface area contributed by atoms with E-state index in [1.807, 2.05) is 19.2 Å². The van der Waals surface area contributed by atoms with Gasteiger partial charge >= 0.3 is 0 Å². The van der Waals surface area contributed by atoms with Crippen LogP contribution in [0, 0.1) is 6.92 Å². The van der Waals surface area contributed by atoms with Crippen molar-refractivity contribution in [3.63, 3.8) is 0 Å². The topological polar surface area (TPSA) is 45.2 Å². The highest BCUT2D eigenvalue weighted by Crippen LogP contribution is 2.22. The molecule has 15 heavy (non-hydrogen) atoms. The molecule has 1 unspecified atom stereocenters. The van der Waals surface area contributed by atoms with Gasteiger partial charge in [-0.3, -0.25) is 4.98 Å². The summed E-state index contributed by atoms with van der Waals surface area (Å²) in [4.78, 5) is 4.06. The van der Waals surface area contributed by atoms with Crippen LogP contribution >= 0.6 is 0 Å². The van der Waals surface area contributed by atoms with Gasteiger partial charge in [0, 0.05) is 25.4 Å². The lowest BCUT2D eigenvalue weighted by Crippen LogP contribution is -2.47. The van der Waals surface area contributed by atoms with Crippen LogP contribution in [0.5, 0.6) is 0 Å². The zero-order valence-corrected chi connectivity index (χ0v) is 9.16. The Morgan fingerprint density at radius 1 is 1.60 bits per heavy atom. The Morgan fingerprint density at radius 3 is 3.13 bits per heavy atom. The number of nitrogens with one attached hydrogen (secondary N) is 1. The molecule has 0 bridgehead atoms. The predicted octanol–water partition coefficient (Wildman–Crippen LogP) is 1.05. The van der Waals surface area contributed by atoms with Crippen LogP contribution < -0.4 is 5.32 Å². The zero-order valence-electron chi connectivity index (χ0n) is 9.16. The van der Waals surface area contributed by atoms with Crippen molar-refractivity contribution in [1.29, 1.82) is 0 Å². The van der Waals surface area contributed by atoms with Crippen LogP contribution in [0.3, 0.4) is 0 Å². The largest absolute Gasteiger partial charge is 0.388 e. The molecular weight excluding hydrogens is 188 g/mol. The maximum absolute atomic E-state index is 10.4. The average molecular weight is 206 g/mol. The van der Waals surface area contributed by atoms with Crippen molar-refractivity contribution in [2.24, 2.45) is 0 Å². The number of aliphatic hydroxyl groups is 1. The lowest BCUT2D eigenvalue weighted by atomic mass is 9.87. The van der Waals surface area contributed by atoms with E-state index in [0.29, 0.717) is 6.54 Å². The van der Waals surface area contributed by atoms with Crippen molar-refractivity contribution in [2.45, 2.75) is 31.8 Å². The molecular formula is C12H18N2O. The van der Waals surface area contributed by atoms with E-state index in [9.17, 15) is 5.11 Å². The summed E-state index contributed by atoms with van der Waals surface area (Å²) in [5, 5.41) is 13.6. The Labute approximate surface area is 90.5 Å². The fraction of sp³-hybridized carbons (Fsp3) is 0.583. The van der Waals surface area contributed by atoms with E-state index in [2.05, 4.69) is 10.3 Å². The number of aryl methyl sites for hydroxylation is 1. The van der Waals surface area contributed by atoms with Crippen LogP contribution in [0.15, 0.2) is 18.5 Å². The summed E-state index contributed by atoms with van der Waals surface area (Å²) >= 11 is 0. The van der Waals surface area contributed by atoms with Gasteiger partial charge in [0.15, 0.2) is 0 Å².